The molecule has 142 valence electrons. The number of ether oxygens (including phenoxy) is 1. The lowest BCUT2D eigenvalue weighted by atomic mass is 10.0. The standard InChI is InChI=1S/C20H19F2NO4/c1-12(2)18(23-19(25)15-5-3-4-6-16(15)22)20(26)27-11-17(24)13-7-9-14(21)10-8-13/h3-10,12,18H,11H2,1-2H3,(H,23,25). The summed E-state index contributed by atoms with van der Waals surface area (Å²) in [4.78, 5) is 36.5. The van der Waals surface area contributed by atoms with Crippen LogP contribution >= 0.6 is 0 Å². The van der Waals surface area contributed by atoms with Crippen molar-refractivity contribution in [2.75, 3.05) is 6.61 Å². The maximum absolute atomic E-state index is 13.7. The highest BCUT2D eigenvalue weighted by Gasteiger charge is 2.27. The first-order chi connectivity index (χ1) is 12.8. The third-order valence-electron chi connectivity index (χ3n) is 3.84. The number of halogens is 2. The Morgan fingerprint density at radius 2 is 1.63 bits per heavy atom. The fourth-order valence-corrected chi connectivity index (χ4v) is 2.31. The average Bonchev–Trinajstić information content (AvgIpc) is 2.64. The van der Waals surface area contributed by atoms with Crippen LogP contribution in [0.5, 0.6) is 0 Å². The van der Waals surface area contributed by atoms with Gasteiger partial charge in [0.1, 0.15) is 17.7 Å². The van der Waals surface area contributed by atoms with Gasteiger partial charge in [0.2, 0.25) is 0 Å². The molecule has 0 heterocycles. The van der Waals surface area contributed by atoms with Gasteiger partial charge in [0.25, 0.3) is 5.91 Å². The highest BCUT2D eigenvalue weighted by Crippen LogP contribution is 2.10. The third-order valence-corrected chi connectivity index (χ3v) is 3.84. The van der Waals surface area contributed by atoms with E-state index in [4.69, 9.17) is 4.74 Å². The number of Topliss-reactive ketones (excluding diaryl/α,β-unsaturated/α-hetero) is 1. The molecule has 1 unspecified atom stereocenters. The van der Waals surface area contributed by atoms with E-state index in [2.05, 4.69) is 5.32 Å². The fourth-order valence-electron chi connectivity index (χ4n) is 2.31. The lowest BCUT2D eigenvalue weighted by molar-refractivity contribution is -0.145. The fraction of sp³-hybridized carbons (Fsp3) is 0.250. The summed E-state index contributed by atoms with van der Waals surface area (Å²) in [6.07, 6.45) is 0. The van der Waals surface area contributed by atoms with Crippen molar-refractivity contribution in [1.29, 1.82) is 0 Å². The molecular formula is C20H19F2NO4. The zero-order chi connectivity index (χ0) is 20.0. The van der Waals surface area contributed by atoms with Gasteiger partial charge in [-0.05, 0) is 42.3 Å². The Bertz CT molecular complexity index is 834. The summed E-state index contributed by atoms with van der Waals surface area (Å²) in [7, 11) is 0. The first kappa shape index (κ1) is 20.2. The first-order valence-electron chi connectivity index (χ1n) is 8.30. The molecule has 0 aliphatic heterocycles. The molecule has 2 aromatic carbocycles. The van der Waals surface area contributed by atoms with Crippen LogP contribution in [0.25, 0.3) is 0 Å². The Balaban J connectivity index is 2.00. The molecule has 1 atom stereocenters. The largest absolute Gasteiger partial charge is 0.456 e. The van der Waals surface area contributed by atoms with Crippen molar-refractivity contribution in [3.8, 4) is 0 Å². The number of ketones is 1. The second-order valence-electron chi connectivity index (χ2n) is 6.21. The summed E-state index contributed by atoms with van der Waals surface area (Å²) in [6, 6.07) is 9.14. The highest BCUT2D eigenvalue weighted by atomic mass is 19.1. The molecule has 0 fully saturated rings. The molecule has 7 heteroatoms. The van der Waals surface area contributed by atoms with Crippen LogP contribution in [0.4, 0.5) is 8.78 Å². The minimum absolute atomic E-state index is 0.195. The van der Waals surface area contributed by atoms with Crippen molar-refractivity contribution in [1.82, 2.24) is 5.32 Å². The molecule has 5 nitrogen and oxygen atoms in total. The highest BCUT2D eigenvalue weighted by molar-refractivity contribution is 5.99. The molecule has 2 aromatic rings. The van der Waals surface area contributed by atoms with Crippen molar-refractivity contribution >= 4 is 17.7 Å². The summed E-state index contributed by atoms with van der Waals surface area (Å²) in [6.45, 7) is 2.80. The van der Waals surface area contributed by atoms with E-state index in [9.17, 15) is 23.2 Å². The molecule has 0 radical (unpaired) electrons. The second-order valence-corrected chi connectivity index (χ2v) is 6.21. The van der Waals surface area contributed by atoms with Crippen LogP contribution < -0.4 is 5.32 Å². The van der Waals surface area contributed by atoms with E-state index < -0.39 is 41.9 Å². The van der Waals surface area contributed by atoms with E-state index in [1.807, 2.05) is 0 Å². The summed E-state index contributed by atoms with van der Waals surface area (Å²) < 4.78 is 31.6. The minimum Gasteiger partial charge on any atom is -0.456 e. The molecule has 2 rings (SSSR count). The van der Waals surface area contributed by atoms with Gasteiger partial charge in [0.15, 0.2) is 12.4 Å². The predicted molar refractivity (Wildman–Crippen MR) is 94.2 cm³/mol. The summed E-state index contributed by atoms with van der Waals surface area (Å²) in [5.74, 6) is -3.63. The Morgan fingerprint density at radius 3 is 2.22 bits per heavy atom. The number of carbonyl (C=O) groups excluding carboxylic acids is 3. The molecule has 27 heavy (non-hydrogen) atoms. The predicted octanol–water partition coefficient (Wildman–Crippen LogP) is 3.15. The van der Waals surface area contributed by atoms with Gasteiger partial charge in [0, 0.05) is 5.56 Å². The normalized spacial score (nSPS) is 11.7. The number of rotatable bonds is 7. The van der Waals surface area contributed by atoms with Crippen molar-refractivity contribution < 1.29 is 27.9 Å². The van der Waals surface area contributed by atoms with Gasteiger partial charge in [0.05, 0.1) is 5.56 Å². The average molecular weight is 375 g/mol. The van der Waals surface area contributed by atoms with Crippen LogP contribution in [0.3, 0.4) is 0 Å². The number of carbonyl (C=O) groups is 3. The van der Waals surface area contributed by atoms with Crippen LogP contribution in [0.2, 0.25) is 0 Å². The van der Waals surface area contributed by atoms with Crippen LogP contribution in [0.1, 0.15) is 34.6 Å². The smallest absolute Gasteiger partial charge is 0.329 e. The maximum atomic E-state index is 13.7. The van der Waals surface area contributed by atoms with Crippen LogP contribution in [0.15, 0.2) is 48.5 Å². The first-order valence-corrected chi connectivity index (χ1v) is 8.30. The number of esters is 1. The van der Waals surface area contributed by atoms with Gasteiger partial charge < -0.3 is 10.1 Å². The zero-order valence-corrected chi connectivity index (χ0v) is 14.9. The van der Waals surface area contributed by atoms with Crippen LogP contribution in [0, 0.1) is 17.6 Å². The minimum atomic E-state index is -1.06. The van der Waals surface area contributed by atoms with Gasteiger partial charge >= 0.3 is 5.97 Å². The van der Waals surface area contributed by atoms with E-state index in [0.717, 1.165) is 18.2 Å². The van der Waals surface area contributed by atoms with Gasteiger partial charge in [-0.2, -0.15) is 0 Å². The number of nitrogens with one attached hydrogen (secondary N) is 1. The third kappa shape index (κ3) is 5.44. The summed E-state index contributed by atoms with van der Waals surface area (Å²) in [5, 5.41) is 2.43. The van der Waals surface area contributed by atoms with Crippen molar-refractivity contribution in [3.63, 3.8) is 0 Å². The monoisotopic (exact) mass is 375 g/mol. The Kier molecular flexibility index (Phi) is 6.76. The molecule has 1 amide bonds. The van der Waals surface area contributed by atoms with E-state index in [1.54, 1.807) is 13.8 Å². The lowest BCUT2D eigenvalue weighted by Crippen LogP contribution is -2.46. The summed E-state index contributed by atoms with van der Waals surface area (Å²) >= 11 is 0. The Morgan fingerprint density at radius 1 is 1.00 bits per heavy atom. The summed E-state index contributed by atoms with van der Waals surface area (Å²) in [5.41, 5.74) is -0.000900. The van der Waals surface area contributed by atoms with E-state index >= 15 is 0 Å². The van der Waals surface area contributed by atoms with Gasteiger partial charge in [-0.15, -0.1) is 0 Å². The van der Waals surface area contributed by atoms with Gasteiger partial charge in [-0.3, -0.25) is 9.59 Å². The van der Waals surface area contributed by atoms with Gasteiger partial charge in [-0.25, -0.2) is 13.6 Å². The molecule has 0 saturated heterocycles. The molecule has 0 aromatic heterocycles. The van der Waals surface area contributed by atoms with Crippen molar-refractivity contribution in [2.24, 2.45) is 5.92 Å². The molecule has 0 spiro atoms. The molecular weight excluding hydrogens is 356 g/mol. The number of hydrogen-bond donors (Lipinski definition) is 1. The quantitative estimate of drug-likeness (QED) is 0.596. The van der Waals surface area contributed by atoms with Crippen LogP contribution in [-0.2, 0) is 9.53 Å². The van der Waals surface area contributed by atoms with E-state index in [0.29, 0.717) is 0 Å². The van der Waals surface area contributed by atoms with E-state index in [-0.39, 0.29) is 17.0 Å². The lowest BCUT2D eigenvalue weighted by Gasteiger charge is -2.20. The molecule has 0 bridgehead atoms. The maximum Gasteiger partial charge on any atom is 0.329 e. The number of hydrogen-bond acceptors (Lipinski definition) is 4. The van der Waals surface area contributed by atoms with Crippen molar-refractivity contribution in [3.05, 3.63) is 71.3 Å². The second kappa shape index (κ2) is 9.02. The zero-order valence-electron chi connectivity index (χ0n) is 14.9. The molecule has 1 N–H and O–H groups in total. The Hall–Kier alpha value is -3.09. The SMILES string of the molecule is CC(C)C(NC(=O)c1ccccc1F)C(=O)OCC(=O)c1ccc(F)cc1. The molecule has 0 saturated carbocycles. The number of amides is 1. The topological polar surface area (TPSA) is 72.5 Å². The number of benzene rings is 2. The molecule has 0 aliphatic rings. The van der Waals surface area contributed by atoms with Crippen molar-refractivity contribution in [2.45, 2.75) is 19.9 Å². The van der Waals surface area contributed by atoms with E-state index in [1.165, 1.54) is 30.3 Å². The Labute approximate surface area is 155 Å². The molecule has 0 aliphatic carbocycles. The van der Waals surface area contributed by atoms with Gasteiger partial charge in [-0.1, -0.05) is 26.0 Å². The van der Waals surface area contributed by atoms with Crippen LogP contribution in [-0.4, -0.2) is 30.3 Å².